The van der Waals surface area contributed by atoms with Gasteiger partial charge in [0.15, 0.2) is 0 Å². The minimum atomic E-state index is -0.630. The van der Waals surface area contributed by atoms with E-state index < -0.39 is 6.04 Å². The Morgan fingerprint density at radius 3 is 2.82 bits per heavy atom. The minimum Gasteiger partial charge on any atom is -0.354 e. The largest absolute Gasteiger partial charge is 0.354 e. The molecule has 1 atom stereocenters. The van der Waals surface area contributed by atoms with E-state index >= 15 is 0 Å². The number of carbonyl (C=O) groups excluding carboxylic acids is 2. The van der Waals surface area contributed by atoms with Crippen molar-refractivity contribution in [1.82, 2.24) is 30.8 Å². The first kappa shape index (κ1) is 16.1. The Hall–Kier alpha value is -2.29. The average Bonchev–Trinajstić information content (AvgIpc) is 3.09. The molecule has 0 spiro atoms. The SMILES string of the molecule is CC(=O)N[C@@H](Cc1cnc[nH]1)C(=O)NCCc1nnc(C)s1. The number of aryl methyl sites for hydroxylation is 1. The summed E-state index contributed by atoms with van der Waals surface area (Å²) in [4.78, 5) is 30.3. The molecule has 0 unspecified atom stereocenters. The summed E-state index contributed by atoms with van der Waals surface area (Å²) in [5, 5.41) is 15.2. The summed E-state index contributed by atoms with van der Waals surface area (Å²) in [7, 11) is 0. The Kier molecular flexibility index (Phi) is 5.59. The van der Waals surface area contributed by atoms with Gasteiger partial charge in [0, 0.05) is 38.2 Å². The Balaban J connectivity index is 1.86. The molecule has 9 heteroatoms. The van der Waals surface area contributed by atoms with Gasteiger partial charge in [-0.25, -0.2) is 4.98 Å². The highest BCUT2D eigenvalue weighted by Crippen LogP contribution is 2.07. The van der Waals surface area contributed by atoms with Crippen LogP contribution in [0.15, 0.2) is 12.5 Å². The fraction of sp³-hybridized carbons (Fsp3) is 0.462. The van der Waals surface area contributed by atoms with Crippen LogP contribution in [0.3, 0.4) is 0 Å². The third kappa shape index (κ3) is 4.92. The number of imidazole rings is 1. The second-order valence-corrected chi connectivity index (χ2v) is 6.06. The molecule has 0 saturated heterocycles. The van der Waals surface area contributed by atoms with Gasteiger partial charge in [-0.3, -0.25) is 9.59 Å². The molecule has 2 aromatic rings. The van der Waals surface area contributed by atoms with Gasteiger partial charge in [-0.2, -0.15) is 0 Å². The third-order valence-corrected chi connectivity index (χ3v) is 3.78. The van der Waals surface area contributed by atoms with Crippen molar-refractivity contribution in [3.05, 3.63) is 28.2 Å². The van der Waals surface area contributed by atoms with Crippen LogP contribution in [-0.4, -0.2) is 44.6 Å². The maximum atomic E-state index is 12.2. The molecule has 22 heavy (non-hydrogen) atoms. The Morgan fingerprint density at radius 1 is 1.41 bits per heavy atom. The summed E-state index contributed by atoms with van der Waals surface area (Å²) in [6, 6.07) is -0.630. The standard InChI is InChI=1S/C13H18N6O2S/c1-8(20)17-11(5-10-6-14-7-16-10)13(21)15-4-3-12-19-18-9(2)22-12/h6-7,11H,3-5H2,1-2H3,(H,14,16)(H,15,21)(H,17,20)/t11-/m0/s1. The van der Waals surface area contributed by atoms with Crippen LogP contribution in [0, 0.1) is 6.92 Å². The molecule has 118 valence electrons. The van der Waals surface area contributed by atoms with Gasteiger partial charge in [0.25, 0.3) is 0 Å². The summed E-state index contributed by atoms with van der Waals surface area (Å²) in [5.74, 6) is -0.481. The lowest BCUT2D eigenvalue weighted by atomic mass is 10.1. The van der Waals surface area contributed by atoms with Crippen molar-refractivity contribution in [3.63, 3.8) is 0 Å². The number of amides is 2. The molecule has 2 aromatic heterocycles. The van der Waals surface area contributed by atoms with Crippen LogP contribution < -0.4 is 10.6 Å². The molecule has 0 aromatic carbocycles. The number of hydrogen-bond donors (Lipinski definition) is 3. The normalized spacial score (nSPS) is 11.9. The lowest BCUT2D eigenvalue weighted by Crippen LogP contribution is -2.47. The van der Waals surface area contributed by atoms with Gasteiger partial charge < -0.3 is 15.6 Å². The number of carbonyl (C=O) groups is 2. The number of aromatic amines is 1. The summed E-state index contributed by atoms with van der Waals surface area (Å²) < 4.78 is 0. The van der Waals surface area contributed by atoms with E-state index in [-0.39, 0.29) is 11.8 Å². The van der Waals surface area contributed by atoms with Crippen LogP contribution in [0.25, 0.3) is 0 Å². The zero-order valence-corrected chi connectivity index (χ0v) is 13.2. The van der Waals surface area contributed by atoms with E-state index in [0.29, 0.717) is 19.4 Å². The highest BCUT2D eigenvalue weighted by Gasteiger charge is 2.20. The average molecular weight is 322 g/mol. The van der Waals surface area contributed by atoms with Crippen molar-refractivity contribution in [2.24, 2.45) is 0 Å². The van der Waals surface area contributed by atoms with Gasteiger partial charge in [0.1, 0.15) is 16.1 Å². The molecule has 0 fully saturated rings. The zero-order chi connectivity index (χ0) is 15.9. The Morgan fingerprint density at radius 2 is 2.23 bits per heavy atom. The topological polar surface area (TPSA) is 113 Å². The summed E-state index contributed by atoms with van der Waals surface area (Å²) in [6.45, 7) is 3.72. The van der Waals surface area contributed by atoms with Gasteiger partial charge in [-0.1, -0.05) is 0 Å². The van der Waals surface area contributed by atoms with Crippen molar-refractivity contribution in [2.75, 3.05) is 6.54 Å². The fourth-order valence-electron chi connectivity index (χ4n) is 1.93. The number of aromatic nitrogens is 4. The van der Waals surface area contributed by atoms with E-state index in [1.54, 1.807) is 6.20 Å². The van der Waals surface area contributed by atoms with E-state index in [9.17, 15) is 9.59 Å². The maximum Gasteiger partial charge on any atom is 0.242 e. The fourth-order valence-corrected chi connectivity index (χ4v) is 2.63. The number of hydrogen-bond acceptors (Lipinski definition) is 6. The van der Waals surface area contributed by atoms with Crippen molar-refractivity contribution in [2.45, 2.75) is 32.7 Å². The lowest BCUT2D eigenvalue weighted by molar-refractivity contribution is -0.128. The Labute approximate surface area is 131 Å². The van der Waals surface area contributed by atoms with Gasteiger partial charge in [0.05, 0.1) is 6.33 Å². The number of nitrogens with one attached hydrogen (secondary N) is 3. The van der Waals surface area contributed by atoms with Crippen molar-refractivity contribution in [1.29, 1.82) is 0 Å². The predicted molar refractivity (Wildman–Crippen MR) is 81.3 cm³/mol. The van der Waals surface area contributed by atoms with Crippen LogP contribution in [-0.2, 0) is 22.4 Å². The van der Waals surface area contributed by atoms with E-state index in [1.165, 1.54) is 24.6 Å². The van der Waals surface area contributed by atoms with Crippen molar-refractivity contribution in [3.8, 4) is 0 Å². The third-order valence-electron chi connectivity index (χ3n) is 2.88. The molecule has 2 heterocycles. The van der Waals surface area contributed by atoms with Gasteiger partial charge in [0.2, 0.25) is 11.8 Å². The summed E-state index contributed by atoms with van der Waals surface area (Å²) >= 11 is 1.51. The molecule has 0 aliphatic rings. The second kappa shape index (κ2) is 7.64. The lowest BCUT2D eigenvalue weighted by Gasteiger charge is -2.16. The van der Waals surface area contributed by atoms with E-state index in [2.05, 4.69) is 30.8 Å². The van der Waals surface area contributed by atoms with Crippen LogP contribution in [0.4, 0.5) is 0 Å². The predicted octanol–water partition coefficient (Wildman–Crippen LogP) is -0.0243. The van der Waals surface area contributed by atoms with Crippen LogP contribution in [0.5, 0.6) is 0 Å². The first-order chi connectivity index (χ1) is 10.5. The Bertz CT molecular complexity index is 624. The number of H-pyrrole nitrogens is 1. The summed E-state index contributed by atoms with van der Waals surface area (Å²) in [5.41, 5.74) is 0.786. The van der Waals surface area contributed by atoms with E-state index in [1.807, 2.05) is 6.92 Å². The molecule has 0 radical (unpaired) electrons. The second-order valence-electron chi connectivity index (χ2n) is 4.79. The maximum absolute atomic E-state index is 12.2. The van der Waals surface area contributed by atoms with E-state index in [4.69, 9.17) is 0 Å². The number of nitrogens with zero attached hydrogens (tertiary/aromatic N) is 3. The smallest absolute Gasteiger partial charge is 0.242 e. The zero-order valence-electron chi connectivity index (χ0n) is 12.4. The molecule has 8 nitrogen and oxygen atoms in total. The first-order valence-corrected chi connectivity index (χ1v) is 7.67. The van der Waals surface area contributed by atoms with E-state index in [0.717, 1.165) is 15.7 Å². The molecule has 2 amide bonds. The summed E-state index contributed by atoms with van der Waals surface area (Å²) in [6.07, 6.45) is 4.15. The number of rotatable bonds is 7. The molecule has 0 aliphatic heterocycles. The van der Waals surface area contributed by atoms with Crippen molar-refractivity contribution < 1.29 is 9.59 Å². The molecule has 2 rings (SSSR count). The highest BCUT2D eigenvalue weighted by molar-refractivity contribution is 7.11. The highest BCUT2D eigenvalue weighted by atomic mass is 32.1. The van der Waals surface area contributed by atoms with Crippen LogP contribution in [0.1, 0.15) is 22.6 Å². The van der Waals surface area contributed by atoms with Crippen LogP contribution in [0.2, 0.25) is 0 Å². The minimum absolute atomic E-state index is 0.231. The van der Waals surface area contributed by atoms with Crippen molar-refractivity contribution >= 4 is 23.2 Å². The molecule has 0 aliphatic carbocycles. The molecule has 0 bridgehead atoms. The van der Waals surface area contributed by atoms with Gasteiger partial charge in [-0.05, 0) is 6.92 Å². The molecular formula is C13H18N6O2S. The monoisotopic (exact) mass is 322 g/mol. The van der Waals surface area contributed by atoms with Crippen LogP contribution >= 0.6 is 11.3 Å². The van der Waals surface area contributed by atoms with Gasteiger partial charge >= 0.3 is 0 Å². The van der Waals surface area contributed by atoms with Gasteiger partial charge in [-0.15, -0.1) is 21.5 Å². The molecule has 3 N–H and O–H groups in total. The first-order valence-electron chi connectivity index (χ1n) is 6.85. The quantitative estimate of drug-likeness (QED) is 0.663. The molecular weight excluding hydrogens is 304 g/mol. The molecule has 0 saturated carbocycles.